The fourth-order valence-corrected chi connectivity index (χ4v) is 2.92. The SMILES string of the molecule is c1ccc(Cc2ccccc2NC2CCCC2)cc1. The van der Waals surface area contributed by atoms with Gasteiger partial charge in [0.2, 0.25) is 0 Å². The summed E-state index contributed by atoms with van der Waals surface area (Å²) in [5.41, 5.74) is 4.10. The molecule has 1 heteroatoms. The largest absolute Gasteiger partial charge is 0.382 e. The van der Waals surface area contributed by atoms with Gasteiger partial charge in [-0.25, -0.2) is 0 Å². The van der Waals surface area contributed by atoms with E-state index in [1.165, 1.54) is 42.5 Å². The minimum Gasteiger partial charge on any atom is -0.382 e. The van der Waals surface area contributed by atoms with Crippen LogP contribution in [-0.4, -0.2) is 6.04 Å². The van der Waals surface area contributed by atoms with Crippen LogP contribution in [0.4, 0.5) is 5.69 Å². The van der Waals surface area contributed by atoms with E-state index in [1.807, 2.05) is 0 Å². The van der Waals surface area contributed by atoms with Crippen LogP contribution in [-0.2, 0) is 6.42 Å². The van der Waals surface area contributed by atoms with E-state index in [2.05, 4.69) is 59.9 Å². The molecule has 0 aliphatic heterocycles. The lowest BCUT2D eigenvalue weighted by Crippen LogP contribution is -2.15. The molecule has 2 aromatic carbocycles. The Morgan fingerprint density at radius 3 is 2.32 bits per heavy atom. The van der Waals surface area contributed by atoms with Gasteiger partial charge in [-0.3, -0.25) is 0 Å². The van der Waals surface area contributed by atoms with Crippen molar-refractivity contribution in [1.29, 1.82) is 0 Å². The van der Waals surface area contributed by atoms with Gasteiger partial charge >= 0.3 is 0 Å². The van der Waals surface area contributed by atoms with Crippen LogP contribution in [0, 0.1) is 0 Å². The van der Waals surface area contributed by atoms with Gasteiger partial charge in [0.05, 0.1) is 0 Å². The third-order valence-electron chi connectivity index (χ3n) is 3.97. The predicted octanol–water partition coefficient (Wildman–Crippen LogP) is 4.63. The van der Waals surface area contributed by atoms with Crippen LogP contribution < -0.4 is 5.32 Å². The number of para-hydroxylation sites is 1. The van der Waals surface area contributed by atoms with Crippen molar-refractivity contribution in [3.05, 3.63) is 65.7 Å². The quantitative estimate of drug-likeness (QED) is 0.835. The second-order valence-corrected chi connectivity index (χ2v) is 5.45. The average Bonchev–Trinajstić information content (AvgIpc) is 2.95. The third kappa shape index (κ3) is 3.17. The molecular formula is C18H21N. The lowest BCUT2D eigenvalue weighted by Gasteiger charge is -2.17. The van der Waals surface area contributed by atoms with Crippen molar-refractivity contribution in [3.8, 4) is 0 Å². The summed E-state index contributed by atoms with van der Waals surface area (Å²) in [7, 11) is 0. The van der Waals surface area contributed by atoms with Gasteiger partial charge < -0.3 is 5.32 Å². The van der Waals surface area contributed by atoms with Crippen LogP contribution in [0.2, 0.25) is 0 Å². The first-order valence-corrected chi connectivity index (χ1v) is 7.30. The molecule has 0 heterocycles. The minimum atomic E-state index is 0.678. The molecule has 0 atom stereocenters. The summed E-state index contributed by atoms with van der Waals surface area (Å²) in [4.78, 5) is 0. The number of hydrogen-bond donors (Lipinski definition) is 1. The molecule has 1 aliphatic carbocycles. The summed E-state index contributed by atoms with van der Waals surface area (Å²) in [5.74, 6) is 0. The monoisotopic (exact) mass is 251 g/mol. The lowest BCUT2D eigenvalue weighted by atomic mass is 10.0. The van der Waals surface area contributed by atoms with Gasteiger partial charge in [0.15, 0.2) is 0 Å². The maximum Gasteiger partial charge on any atom is 0.0378 e. The Bertz CT molecular complexity index is 512. The number of nitrogens with one attached hydrogen (secondary N) is 1. The fraction of sp³-hybridized carbons (Fsp3) is 0.333. The van der Waals surface area contributed by atoms with Crippen LogP contribution in [0.15, 0.2) is 54.6 Å². The van der Waals surface area contributed by atoms with Crippen molar-refractivity contribution in [1.82, 2.24) is 0 Å². The number of anilines is 1. The highest BCUT2D eigenvalue weighted by Crippen LogP contribution is 2.25. The molecule has 0 amide bonds. The van der Waals surface area contributed by atoms with Crippen LogP contribution in [0.1, 0.15) is 36.8 Å². The molecule has 0 spiro atoms. The van der Waals surface area contributed by atoms with Crippen LogP contribution in [0.3, 0.4) is 0 Å². The first-order valence-electron chi connectivity index (χ1n) is 7.30. The zero-order chi connectivity index (χ0) is 12.9. The zero-order valence-electron chi connectivity index (χ0n) is 11.3. The molecule has 19 heavy (non-hydrogen) atoms. The smallest absolute Gasteiger partial charge is 0.0378 e. The Balaban J connectivity index is 1.77. The van der Waals surface area contributed by atoms with Gasteiger partial charge in [0.1, 0.15) is 0 Å². The number of hydrogen-bond acceptors (Lipinski definition) is 1. The van der Waals surface area contributed by atoms with E-state index in [4.69, 9.17) is 0 Å². The molecule has 1 fully saturated rings. The summed E-state index contributed by atoms with van der Waals surface area (Å²) in [5, 5.41) is 3.73. The standard InChI is InChI=1S/C18H21N/c1-2-8-15(9-3-1)14-16-10-4-7-13-18(16)19-17-11-5-6-12-17/h1-4,7-10,13,17,19H,5-6,11-12,14H2. The first-order chi connectivity index (χ1) is 9.42. The first kappa shape index (κ1) is 12.3. The van der Waals surface area contributed by atoms with Gasteiger partial charge in [0.25, 0.3) is 0 Å². The molecule has 1 nitrogen and oxygen atoms in total. The molecule has 1 N–H and O–H groups in total. The Kier molecular flexibility index (Phi) is 3.83. The Labute approximate surface area is 115 Å². The van der Waals surface area contributed by atoms with E-state index in [0.29, 0.717) is 6.04 Å². The fourth-order valence-electron chi connectivity index (χ4n) is 2.92. The normalized spacial score (nSPS) is 15.6. The molecule has 98 valence electrons. The Morgan fingerprint density at radius 2 is 1.53 bits per heavy atom. The summed E-state index contributed by atoms with van der Waals surface area (Å²) in [6.07, 6.45) is 6.40. The van der Waals surface area contributed by atoms with Crippen molar-refractivity contribution in [2.45, 2.75) is 38.1 Å². The van der Waals surface area contributed by atoms with E-state index in [1.54, 1.807) is 0 Å². The highest BCUT2D eigenvalue weighted by Gasteiger charge is 2.15. The minimum absolute atomic E-state index is 0.678. The molecule has 1 aliphatic rings. The van der Waals surface area contributed by atoms with Crippen molar-refractivity contribution in [3.63, 3.8) is 0 Å². The molecular weight excluding hydrogens is 230 g/mol. The van der Waals surface area contributed by atoms with Gasteiger partial charge in [0, 0.05) is 11.7 Å². The molecule has 2 aromatic rings. The second-order valence-electron chi connectivity index (χ2n) is 5.45. The predicted molar refractivity (Wildman–Crippen MR) is 81.6 cm³/mol. The topological polar surface area (TPSA) is 12.0 Å². The average molecular weight is 251 g/mol. The van der Waals surface area contributed by atoms with Crippen LogP contribution >= 0.6 is 0 Å². The molecule has 0 saturated heterocycles. The van der Waals surface area contributed by atoms with Gasteiger partial charge in [-0.05, 0) is 36.5 Å². The van der Waals surface area contributed by atoms with Gasteiger partial charge in [-0.1, -0.05) is 61.4 Å². The van der Waals surface area contributed by atoms with Crippen molar-refractivity contribution < 1.29 is 0 Å². The highest BCUT2D eigenvalue weighted by atomic mass is 14.9. The highest BCUT2D eigenvalue weighted by molar-refractivity contribution is 5.53. The molecule has 0 bridgehead atoms. The summed E-state index contributed by atoms with van der Waals surface area (Å²) >= 11 is 0. The maximum atomic E-state index is 3.73. The van der Waals surface area contributed by atoms with E-state index < -0.39 is 0 Å². The zero-order valence-corrected chi connectivity index (χ0v) is 11.3. The Hall–Kier alpha value is -1.76. The van der Waals surface area contributed by atoms with Crippen LogP contribution in [0.25, 0.3) is 0 Å². The van der Waals surface area contributed by atoms with Crippen molar-refractivity contribution >= 4 is 5.69 Å². The number of benzene rings is 2. The lowest BCUT2D eigenvalue weighted by molar-refractivity contribution is 0.754. The summed E-state index contributed by atoms with van der Waals surface area (Å²) < 4.78 is 0. The summed E-state index contributed by atoms with van der Waals surface area (Å²) in [6, 6.07) is 20.1. The molecule has 0 unspecified atom stereocenters. The number of rotatable bonds is 4. The Morgan fingerprint density at radius 1 is 0.842 bits per heavy atom. The molecule has 1 saturated carbocycles. The van der Waals surface area contributed by atoms with E-state index in [-0.39, 0.29) is 0 Å². The van der Waals surface area contributed by atoms with Crippen LogP contribution in [0.5, 0.6) is 0 Å². The van der Waals surface area contributed by atoms with Gasteiger partial charge in [-0.15, -0.1) is 0 Å². The van der Waals surface area contributed by atoms with E-state index >= 15 is 0 Å². The molecule has 0 radical (unpaired) electrons. The third-order valence-corrected chi connectivity index (χ3v) is 3.97. The van der Waals surface area contributed by atoms with Gasteiger partial charge in [-0.2, -0.15) is 0 Å². The second kappa shape index (κ2) is 5.92. The maximum absolute atomic E-state index is 3.73. The molecule has 3 rings (SSSR count). The van der Waals surface area contributed by atoms with Crippen molar-refractivity contribution in [2.75, 3.05) is 5.32 Å². The molecule has 0 aromatic heterocycles. The van der Waals surface area contributed by atoms with E-state index in [0.717, 1.165) is 6.42 Å². The van der Waals surface area contributed by atoms with Crippen molar-refractivity contribution in [2.24, 2.45) is 0 Å². The summed E-state index contributed by atoms with van der Waals surface area (Å²) in [6.45, 7) is 0. The van der Waals surface area contributed by atoms with E-state index in [9.17, 15) is 0 Å².